The molecule has 0 saturated carbocycles. The predicted octanol–water partition coefficient (Wildman–Crippen LogP) is 1.66. The zero-order valence-corrected chi connectivity index (χ0v) is 11.5. The van der Waals surface area contributed by atoms with Crippen molar-refractivity contribution < 1.29 is 4.74 Å². The molecule has 0 aliphatic rings. The Morgan fingerprint density at radius 3 is 2.14 bits per heavy atom. The molecule has 14 heavy (non-hydrogen) atoms. The van der Waals surface area contributed by atoms with Crippen LogP contribution in [-0.4, -0.2) is 34.8 Å². The maximum atomic E-state index is 6.35. The normalized spacial score (nSPS) is 8.86. The molecule has 0 saturated heterocycles. The van der Waals surface area contributed by atoms with Crippen molar-refractivity contribution >= 4 is 32.5 Å². The van der Waals surface area contributed by atoms with Crippen molar-refractivity contribution in [3.8, 4) is 5.75 Å². The van der Waals surface area contributed by atoms with Crippen LogP contribution in [0.15, 0.2) is 24.3 Å². The van der Waals surface area contributed by atoms with Gasteiger partial charge in [0.2, 0.25) is 0 Å². The van der Waals surface area contributed by atoms with Gasteiger partial charge in [0.05, 0.1) is 0 Å². The standard InChI is InChI=1S/C8H10GeO.C2H6NS/c1-9-7-3-5-8(10-2)6-4-7;3-1-2-4/h3-6H,1-2H3;3-4H,1-2H2/q;-1/p-1. The van der Waals surface area contributed by atoms with Crippen LogP contribution in [0.2, 0.25) is 5.76 Å². The van der Waals surface area contributed by atoms with Crippen LogP contribution < -0.4 is 9.13 Å². The zero-order valence-electron chi connectivity index (χ0n) is 8.54. The van der Waals surface area contributed by atoms with Crippen molar-refractivity contribution in [3.63, 3.8) is 0 Å². The first-order chi connectivity index (χ1) is 6.78. The number of ether oxygens (including phenoxy) is 1. The Balaban J connectivity index is 0.000000364. The molecular formula is C10H15GeNOS-2. The van der Waals surface area contributed by atoms with Gasteiger partial charge in [-0.05, 0) is 0 Å². The van der Waals surface area contributed by atoms with Gasteiger partial charge in [-0.2, -0.15) is 12.3 Å². The minimum atomic E-state index is 0.120. The van der Waals surface area contributed by atoms with Crippen LogP contribution in [0, 0.1) is 0 Å². The van der Waals surface area contributed by atoms with Crippen LogP contribution in [0.5, 0.6) is 5.75 Å². The Morgan fingerprint density at radius 1 is 1.36 bits per heavy atom. The topological polar surface area (TPSA) is 33.0 Å². The van der Waals surface area contributed by atoms with E-state index in [2.05, 4.69) is 30.5 Å². The number of hydrogen-bond donors (Lipinski definition) is 0. The van der Waals surface area contributed by atoms with Gasteiger partial charge in [0.1, 0.15) is 0 Å². The molecule has 0 aliphatic heterocycles. The molecule has 0 amide bonds. The zero-order chi connectivity index (χ0) is 10.8. The average Bonchev–Trinajstić information content (AvgIpc) is 2.29. The SMILES string of the molecule is COc1cc[c]([Ge][CH3])cc1.[NH-]CC[S-]. The molecule has 0 heterocycles. The van der Waals surface area contributed by atoms with Crippen molar-refractivity contribution in [1.82, 2.24) is 0 Å². The molecule has 2 nitrogen and oxygen atoms in total. The van der Waals surface area contributed by atoms with Gasteiger partial charge in [-0.1, -0.05) is 0 Å². The van der Waals surface area contributed by atoms with Gasteiger partial charge < -0.3 is 18.4 Å². The predicted molar refractivity (Wildman–Crippen MR) is 65.7 cm³/mol. The van der Waals surface area contributed by atoms with Crippen LogP contribution in [0.4, 0.5) is 0 Å². The molecule has 1 aromatic carbocycles. The first-order valence-corrected chi connectivity index (χ1v) is 8.05. The quantitative estimate of drug-likeness (QED) is 0.618. The van der Waals surface area contributed by atoms with Crippen LogP contribution in [-0.2, 0) is 12.6 Å². The van der Waals surface area contributed by atoms with Gasteiger partial charge in [-0.3, -0.25) is 0 Å². The minimum absolute atomic E-state index is 0.120. The fraction of sp³-hybridized carbons (Fsp3) is 0.400. The summed E-state index contributed by atoms with van der Waals surface area (Å²) < 4.78 is 6.50. The van der Waals surface area contributed by atoms with E-state index in [0.717, 1.165) is 5.75 Å². The molecule has 78 valence electrons. The third-order valence-corrected chi connectivity index (χ3v) is 3.60. The number of methoxy groups -OCH3 is 1. The number of nitrogens with one attached hydrogen (secondary N) is 1. The smallest absolute Gasteiger partial charge is 0.174 e. The summed E-state index contributed by atoms with van der Waals surface area (Å²) in [4.78, 5) is 0. The molecule has 1 aromatic rings. The van der Waals surface area contributed by atoms with Crippen molar-refractivity contribution in [2.24, 2.45) is 0 Å². The number of benzene rings is 1. The Hall–Kier alpha value is -0.127. The maximum Gasteiger partial charge on any atom is -0.174 e. The van der Waals surface area contributed by atoms with E-state index in [1.165, 1.54) is 4.40 Å². The number of hydrogen-bond acceptors (Lipinski definition) is 2. The molecule has 0 fully saturated rings. The third kappa shape index (κ3) is 6.35. The Bertz CT molecular complexity index is 203. The third-order valence-electron chi connectivity index (χ3n) is 1.48. The van der Waals surface area contributed by atoms with Crippen molar-refractivity contribution in [3.05, 3.63) is 30.0 Å². The Morgan fingerprint density at radius 2 is 1.86 bits per heavy atom. The molecule has 0 aliphatic carbocycles. The van der Waals surface area contributed by atoms with E-state index in [4.69, 9.17) is 10.5 Å². The Labute approximate surface area is 98.1 Å². The van der Waals surface area contributed by atoms with E-state index in [0.29, 0.717) is 12.3 Å². The van der Waals surface area contributed by atoms with Crippen LogP contribution in [0.3, 0.4) is 0 Å². The molecule has 0 atom stereocenters. The first-order valence-electron chi connectivity index (χ1n) is 4.33. The van der Waals surface area contributed by atoms with E-state index in [1.807, 2.05) is 12.1 Å². The second-order valence-electron chi connectivity index (χ2n) is 2.43. The van der Waals surface area contributed by atoms with Crippen molar-refractivity contribution in [1.29, 1.82) is 0 Å². The van der Waals surface area contributed by atoms with Gasteiger partial charge in [-0.15, -0.1) is 0 Å². The van der Waals surface area contributed by atoms with Gasteiger partial charge >= 0.3 is 67.4 Å². The largest absolute Gasteiger partial charge is 0.794 e. The second kappa shape index (κ2) is 9.43. The summed E-state index contributed by atoms with van der Waals surface area (Å²) in [7, 11) is 1.69. The van der Waals surface area contributed by atoms with E-state index in [9.17, 15) is 0 Å². The molecular weight excluding hydrogens is 255 g/mol. The maximum absolute atomic E-state index is 6.35. The minimum Gasteiger partial charge on any atom is -0.794 e. The molecule has 0 bridgehead atoms. The summed E-state index contributed by atoms with van der Waals surface area (Å²) >= 11 is 4.49. The molecule has 1 rings (SSSR count). The molecule has 0 unspecified atom stereocenters. The van der Waals surface area contributed by atoms with Gasteiger partial charge in [0.25, 0.3) is 0 Å². The fourth-order valence-corrected chi connectivity index (χ4v) is 1.81. The molecule has 0 spiro atoms. The molecule has 2 radical (unpaired) electrons. The van der Waals surface area contributed by atoms with E-state index in [-0.39, 0.29) is 15.4 Å². The van der Waals surface area contributed by atoms with Crippen LogP contribution in [0.1, 0.15) is 0 Å². The molecule has 0 aromatic heterocycles. The second-order valence-corrected chi connectivity index (χ2v) is 5.10. The van der Waals surface area contributed by atoms with Gasteiger partial charge in [-0.25, -0.2) is 0 Å². The molecule has 1 N–H and O–H groups in total. The average molecular weight is 270 g/mol. The van der Waals surface area contributed by atoms with Gasteiger partial charge in [0.15, 0.2) is 0 Å². The van der Waals surface area contributed by atoms with E-state index < -0.39 is 0 Å². The van der Waals surface area contributed by atoms with Gasteiger partial charge in [0, 0.05) is 0 Å². The molecule has 4 heteroatoms. The summed E-state index contributed by atoms with van der Waals surface area (Å²) in [5, 5.41) is 0. The first kappa shape index (κ1) is 13.9. The number of rotatable bonds is 3. The summed E-state index contributed by atoms with van der Waals surface area (Å²) in [6.07, 6.45) is 0. The van der Waals surface area contributed by atoms with Crippen LogP contribution in [0.25, 0.3) is 5.73 Å². The van der Waals surface area contributed by atoms with Crippen LogP contribution >= 0.6 is 0 Å². The summed E-state index contributed by atoms with van der Waals surface area (Å²) in [5.74, 6) is 3.78. The van der Waals surface area contributed by atoms with Crippen molar-refractivity contribution in [2.45, 2.75) is 5.76 Å². The monoisotopic (exact) mass is 271 g/mol. The summed E-state index contributed by atoms with van der Waals surface area (Å²) in [5.41, 5.74) is 6.35. The van der Waals surface area contributed by atoms with E-state index in [1.54, 1.807) is 7.11 Å². The summed E-state index contributed by atoms with van der Waals surface area (Å²) in [6.45, 7) is 0.384. The van der Waals surface area contributed by atoms with Crippen molar-refractivity contribution in [2.75, 3.05) is 19.4 Å². The fourth-order valence-electron chi connectivity index (χ4n) is 0.758. The van der Waals surface area contributed by atoms with E-state index >= 15 is 0 Å². The summed E-state index contributed by atoms with van der Waals surface area (Å²) in [6, 6.07) is 8.31. The Kier molecular flexibility index (Phi) is 9.34.